The molecule has 12 heavy (non-hydrogen) atoms. The lowest BCUT2D eigenvalue weighted by Gasteiger charge is -2.31. The van der Waals surface area contributed by atoms with Crippen LogP contribution in [0.15, 0.2) is 0 Å². The van der Waals surface area contributed by atoms with Crippen LogP contribution in [0, 0.1) is 0 Å². The molecule has 0 aromatic rings. The molecule has 1 atom stereocenters. The largest absolute Gasteiger partial charge is 0.387 e. The summed E-state index contributed by atoms with van der Waals surface area (Å²) in [5.74, 6) is -0.197. The molecule has 0 radical (unpaired) electrons. The molecular formula is C8H15NO3. The van der Waals surface area contributed by atoms with Gasteiger partial charge in [0.1, 0.15) is 6.61 Å². The van der Waals surface area contributed by atoms with Crippen LogP contribution in [0.4, 0.5) is 0 Å². The zero-order valence-electron chi connectivity index (χ0n) is 7.32. The minimum atomic E-state index is -0.392. The van der Waals surface area contributed by atoms with E-state index in [1.807, 2.05) is 0 Å². The summed E-state index contributed by atoms with van der Waals surface area (Å²) in [7, 11) is 1.65. The normalized spacial score (nSPS) is 24.2. The molecular weight excluding hydrogens is 158 g/mol. The summed E-state index contributed by atoms with van der Waals surface area (Å²) in [5, 5.41) is 8.61. The molecule has 1 saturated heterocycles. The van der Waals surface area contributed by atoms with E-state index in [1.165, 1.54) is 0 Å². The van der Waals surface area contributed by atoms with Crippen LogP contribution in [0.2, 0.25) is 0 Å². The predicted octanol–water partition coefficient (Wildman–Crippen LogP) is -0.384. The molecule has 0 saturated carbocycles. The van der Waals surface area contributed by atoms with Crippen molar-refractivity contribution in [2.45, 2.75) is 18.9 Å². The average molecular weight is 173 g/mol. The van der Waals surface area contributed by atoms with Crippen molar-refractivity contribution in [3.05, 3.63) is 0 Å². The molecule has 70 valence electrons. The lowest BCUT2D eigenvalue weighted by atomic mass is 10.1. The number of likely N-dealkylation sites (tertiary alicyclic amines) is 1. The van der Waals surface area contributed by atoms with E-state index in [-0.39, 0.29) is 12.0 Å². The maximum atomic E-state index is 11.0. The number of hydrogen-bond donors (Lipinski definition) is 1. The molecule has 1 N–H and O–H groups in total. The Kier molecular flexibility index (Phi) is 3.49. The summed E-state index contributed by atoms with van der Waals surface area (Å²) in [6, 6.07) is 0. The first-order valence-electron chi connectivity index (χ1n) is 4.19. The molecule has 0 aromatic carbocycles. The van der Waals surface area contributed by atoms with Crippen molar-refractivity contribution < 1.29 is 14.6 Å². The zero-order valence-corrected chi connectivity index (χ0v) is 7.32. The maximum absolute atomic E-state index is 11.0. The molecule has 0 aliphatic carbocycles. The van der Waals surface area contributed by atoms with E-state index >= 15 is 0 Å². The van der Waals surface area contributed by atoms with Gasteiger partial charge in [-0.15, -0.1) is 0 Å². The fourth-order valence-corrected chi connectivity index (χ4v) is 1.46. The minimum absolute atomic E-state index is 0.147. The van der Waals surface area contributed by atoms with E-state index in [4.69, 9.17) is 9.84 Å². The predicted molar refractivity (Wildman–Crippen MR) is 43.7 cm³/mol. The van der Waals surface area contributed by atoms with Crippen molar-refractivity contribution in [1.29, 1.82) is 0 Å². The number of nitrogens with zero attached hydrogens (tertiary/aromatic N) is 1. The fourth-order valence-electron chi connectivity index (χ4n) is 1.46. The summed E-state index contributed by atoms with van der Waals surface area (Å²) in [5.41, 5.74) is 0. The third-order valence-electron chi connectivity index (χ3n) is 2.20. The topological polar surface area (TPSA) is 49.8 Å². The van der Waals surface area contributed by atoms with Crippen molar-refractivity contribution >= 4 is 5.91 Å². The summed E-state index contributed by atoms with van der Waals surface area (Å²) < 4.78 is 5.14. The van der Waals surface area contributed by atoms with Crippen LogP contribution in [0.25, 0.3) is 0 Å². The second-order valence-corrected chi connectivity index (χ2v) is 3.00. The van der Waals surface area contributed by atoms with Gasteiger partial charge in [-0.3, -0.25) is 4.79 Å². The SMILES string of the molecule is CO[C@@H]1CCCN(C(=O)CO)C1. The second-order valence-electron chi connectivity index (χ2n) is 3.00. The number of ether oxygens (including phenoxy) is 1. The molecule has 0 spiro atoms. The van der Waals surface area contributed by atoms with Gasteiger partial charge in [0.25, 0.3) is 0 Å². The highest BCUT2D eigenvalue weighted by Crippen LogP contribution is 2.11. The van der Waals surface area contributed by atoms with E-state index in [1.54, 1.807) is 12.0 Å². The number of aliphatic hydroxyl groups excluding tert-OH is 1. The first-order valence-corrected chi connectivity index (χ1v) is 4.19. The Morgan fingerprint density at radius 2 is 2.50 bits per heavy atom. The number of carbonyl (C=O) groups is 1. The van der Waals surface area contributed by atoms with Gasteiger partial charge in [0.05, 0.1) is 6.10 Å². The highest BCUT2D eigenvalue weighted by Gasteiger charge is 2.22. The van der Waals surface area contributed by atoms with E-state index in [9.17, 15) is 4.79 Å². The third-order valence-corrected chi connectivity index (χ3v) is 2.20. The van der Waals surface area contributed by atoms with Crippen LogP contribution >= 0.6 is 0 Å². The molecule has 4 nitrogen and oxygen atoms in total. The summed E-state index contributed by atoms with van der Waals surface area (Å²) in [4.78, 5) is 12.7. The molecule has 1 aliphatic rings. The number of methoxy groups -OCH3 is 1. The van der Waals surface area contributed by atoms with Crippen LogP contribution in [0.3, 0.4) is 0 Å². The van der Waals surface area contributed by atoms with Crippen molar-refractivity contribution in [2.24, 2.45) is 0 Å². The number of hydrogen-bond acceptors (Lipinski definition) is 3. The number of aliphatic hydroxyl groups is 1. The number of amides is 1. The van der Waals surface area contributed by atoms with Crippen molar-refractivity contribution in [3.63, 3.8) is 0 Å². The number of carbonyl (C=O) groups excluding carboxylic acids is 1. The third kappa shape index (κ3) is 2.19. The molecule has 1 heterocycles. The standard InChI is InChI=1S/C8H15NO3/c1-12-7-3-2-4-9(5-7)8(11)6-10/h7,10H,2-6H2,1H3/t7-/m1/s1. The highest BCUT2D eigenvalue weighted by atomic mass is 16.5. The van der Waals surface area contributed by atoms with Crippen molar-refractivity contribution in [3.8, 4) is 0 Å². The van der Waals surface area contributed by atoms with Gasteiger partial charge in [-0.05, 0) is 12.8 Å². The Morgan fingerprint density at radius 3 is 3.08 bits per heavy atom. The number of piperidine rings is 1. The summed E-state index contributed by atoms with van der Waals surface area (Å²) in [6.07, 6.45) is 2.12. The van der Waals surface area contributed by atoms with Gasteiger partial charge in [0, 0.05) is 20.2 Å². The van der Waals surface area contributed by atoms with E-state index in [0.29, 0.717) is 6.54 Å². The zero-order chi connectivity index (χ0) is 8.97. The number of rotatable bonds is 2. The monoisotopic (exact) mass is 173 g/mol. The van der Waals surface area contributed by atoms with Gasteiger partial charge < -0.3 is 14.7 Å². The Morgan fingerprint density at radius 1 is 1.75 bits per heavy atom. The first-order chi connectivity index (χ1) is 5.77. The Labute approximate surface area is 72.1 Å². The lowest BCUT2D eigenvalue weighted by Crippen LogP contribution is -2.44. The second kappa shape index (κ2) is 4.42. The van der Waals surface area contributed by atoms with Gasteiger partial charge in [0.15, 0.2) is 0 Å². The van der Waals surface area contributed by atoms with Crippen LogP contribution in [-0.4, -0.2) is 48.8 Å². The molecule has 1 aliphatic heterocycles. The molecule has 0 bridgehead atoms. The first kappa shape index (κ1) is 9.48. The lowest BCUT2D eigenvalue weighted by molar-refractivity contribution is -0.137. The molecule has 0 aromatic heterocycles. The van der Waals surface area contributed by atoms with Gasteiger partial charge >= 0.3 is 0 Å². The van der Waals surface area contributed by atoms with E-state index < -0.39 is 6.61 Å². The highest BCUT2D eigenvalue weighted by molar-refractivity contribution is 5.77. The summed E-state index contributed by atoms with van der Waals surface area (Å²) in [6.45, 7) is 0.978. The minimum Gasteiger partial charge on any atom is -0.387 e. The van der Waals surface area contributed by atoms with E-state index in [0.717, 1.165) is 19.4 Å². The van der Waals surface area contributed by atoms with Gasteiger partial charge in [-0.25, -0.2) is 0 Å². The van der Waals surface area contributed by atoms with E-state index in [2.05, 4.69) is 0 Å². The van der Waals surface area contributed by atoms with Crippen LogP contribution < -0.4 is 0 Å². The quantitative estimate of drug-likeness (QED) is 0.619. The maximum Gasteiger partial charge on any atom is 0.248 e. The average Bonchev–Trinajstić information content (AvgIpc) is 2.17. The van der Waals surface area contributed by atoms with Crippen molar-refractivity contribution in [1.82, 2.24) is 4.90 Å². The van der Waals surface area contributed by atoms with Crippen LogP contribution in [0.5, 0.6) is 0 Å². The molecule has 4 heteroatoms. The Balaban J connectivity index is 2.40. The smallest absolute Gasteiger partial charge is 0.248 e. The molecule has 1 rings (SSSR count). The van der Waals surface area contributed by atoms with Gasteiger partial charge in [-0.2, -0.15) is 0 Å². The summed E-state index contributed by atoms with van der Waals surface area (Å²) >= 11 is 0. The van der Waals surface area contributed by atoms with Gasteiger partial charge in [-0.1, -0.05) is 0 Å². The Bertz CT molecular complexity index is 160. The van der Waals surface area contributed by atoms with Crippen LogP contribution in [-0.2, 0) is 9.53 Å². The molecule has 1 fully saturated rings. The van der Waals surface area contributed by atoms with Crippen LogP contribution in [0.1, 0.15) is 12.8 Å². The van der Waals surface area contributed by atoms with Crippen molar-refractivity contribution in [2.75, 3.05) is 26.8 Å². The van der Waals surface area contributed by atoms with Gasteiger partial charge in [0.2, 0.25) is 5.91 Å². The molecule has 0 unspecified atom stereocenters. The Hall–Kier alpha value is -0.610. The molecule has 1 amide bonds. The fraction of sp³-hybridized carbons (Fsp3) is 0.875.